The molecule has 0 aliphatic carbocycles. The monoisotopic (exact) mass is 363 g/mol. The van der Waals surface area contributed by atoms with Gasteiger partial charge in [-0.25, -0.2) is 0 Å². The second kappa shape index (κ2) is 6.25. The molecule has 0 radical (unpaired) electrons. The summed E-state index contributed by atoms with van der Waals surface area (Å²) in [5.41, 5.74) is 0.821. The molecular weight excluding hydrogens is 355 g/mol. The molecule has 1 aromatic heterocycles. The van der Waals surface area contributed by atoms with Gasteiger partial charge in [0.05, 0.1) is 8.66 Å². The van der Waals surface area contributed by atoms with Crippen molar-refractivity contribution in [2.75, 3.05) is 19.0 Å². The van der Waals surface area contributed by atoms with Crippen LogP contribution < -0.4 is 0 Å². The van der Waals surface area contributed by atoms with Crippen molar-refractivity contribution in [3.63, 3.8) is 0 Å². The van der Waals surface area contributed by atoms with Crippen molar-refractivity contribution < 1.29 is 18.0 Å². The smallest absolute Gasteiger partial charge is 0.328 e. The Hall–Kier alpha value is -0.270. The van der Waals surface area contributed by atoms with Crippen LogP contribution in [0.2, 0.25) is 0 Å². The minimum absolute atomic E-state index is 0.0344. The summed E-state index contributed by atoms with van der Waals surface area (Å²) in [5.74, 6) is -0.681. The number of nitrogens with zero attached hydrogens (tertiary/aromatic N) is 1. The van der Waals surface area contributed by atoms with Crippen molar-refractivity contribution in [1.82, 2.24) is 4.90 Å². The van der Waals surface area contributed by atoms with Crippen molar-refractivity contribution in [3.05, 3.63) is 20.3 Å². The van der Waals surface area contributed by atoms with E-state index in [1.165, 1.54) is 0 Å². The van der Waals surface area contributed by atoms with E-state index >= 15 is 0 Å². The molecule has 1 rings (SSSR count). The number of alkyl halides is 4. The molecule has 0 aliphatic rings. The molecule has 1 heterocycles. The van der Waals surface area contributed by atoms with Crippen molar-refractivity contribution in [1.29, 1.82) is 0 Å². The van der Waals surface area contributed by atoms with E-state index in [0.717, 1.165) is 20.7 Å². The maximum absolute atomic E-state index is 12.3. The number of hydrogen-bond acceptors (Lipinski definition) is 2. The van der Waals surface area contributed by atoms with Gasteiger partial charge in [-0.15, -0.1) is 22.9 Å². The molecule has 18 heavy (non-hydrogen) atoms. The summed E-state index contributed by atoms with van der Waals surface area (Å²) in [6.45, 7) is 0.356. The molecule has 8 heteroatoms. The van der Waals surface area contributed by atoms with Crippen LogP contribution in [0.25, 0.3) is 0 Å². The molecule has 0 saturated carbocycles. The maximum atomic E-state index is 12.3. The van der Waals surface area contributed by atoms with Gasteiger partial charge < -0.3 is 4.90 Å². The highest BCUT2D eigenvalue weighted by atomic mass is 79.9. The topological polar surface area (TPSA) is 20.3 Å². The third-order valence-corrected chi connectivity index (χ3v) is 4.37. The third-order valence-electron chi connectivity index (χ3n) is 2.08. The Kier molecular flexibility index (Phi) is 5.48. The number of thiophene rings is 1. The van der Waals surface area contributed by atoms with Gasteiger partial charge in [0.25, 0.3) is 5.91 Å². The zero-order chi connectivity index (χ0) is 13.9. The summed E-state index contributed by atoms with van der Waals surface area (Å²) < 4.78 is 37.8. The standard InChI is InChI=1S/C10H10BrClF3NOS/c1-6-4-7(18-8(6)11)9(17)16(3-2-12)5-10(13,14)15/h4H,2-3,5H2,1H3. The van der Waals surface area contributed by atoms with Crippen LogP contribution in [0, 0.1) is 6.92 Å². The normalized spacial score (nSPS) is 11.7. The van der Waals surface area contributed by atoms with Gasteiger partial charge in [0, 0.05) is 12.4 Å². The van der Waals surface area contributed by atoms with Crippen molar-refractivity contribution in [3.8, 4) is 0 Å². The quantitative estimate of drug-likeness (QED) is 0.738. The van der Waals surface area contributed by atoms with Gasteiger partial charge in [-0.05, 0) is 34.5 Å². The van der Waals surface area contributed by atoms with Crippen LogP contribution >= 0.6 is 38.9 Å². The molecule has 0 aromatic carbocycles. The molecule has 2 nitrogen and oxygen atoms in total. The van der Waals surface area contributed by atoms with Gasteiger partial charge in [0.15, 0.2) is 0 Å². The van der Waals surface area contributed by atoms with E-state index in [1.54, 1.807) is 13.0 Å². The molecule has 0 aliphatic heterocycles. The van der Waals surface area contributed by atoms with E-state index in [4.69, 9.17) is 11.6 Å². The van der Waals surface area contributed by atoms with Crippen LogP contribution in [0.1, 0.15) is 15.2 Å². The molecule has 0 spiro atoms. The summed E-state index contributed by atoms with van der Waals surface area (Å²) in [6.07, 6.45) is -4.43. The SMILES string of the molecule is Cc1cc(C(=O)N(CCCl)CC(F)(F)F)sc1Br. The lowest BCUT2D eigenvalue weighted by Gasteiger charge is -2.22. The van der Waals surface area contributed by atoms with Crippen LogP contribution in [-0.2, 0) is 0 Å². The molecule has 0 atom stereocenters. The molecular formula is C10H10BrClF3NOS. The first-order chi connectivity index (χ1) is 8.24. The van der Waals surface area contributed by atoms with Gasteiger partial charge in [0.1, 0.15) is 6.54 Å². The Morgan fingerprint density at radius 2 is 2.17 bits per heavy atom. The van der Waals surface area contributed by atoms with Crippen LogP contribution in [0.15, 0.2) is 9.85 Å². The highest BCUT2D eigenvalue weighted by Crippen LogP contribution is 2.29. The molecule has 1 amide bonds. The summed E-state index contributed by atoms with van der Waals surface area (Å²) in [6, 6.07) is 1.56. The number of carbonyl (C=O) groups excluding carboxylic acids is 1. The number of amides is 1. The lowest BCUT2D eigenvalue weighted by molar-refractivity contribution is -0.140. The van der Waals surface area contributed by atoms with Gasteiger partial charge in [0.2, 0.25) is 0 Å². The molecule has 0 bridgehead atoms. The predicted octanol–water partition coefficient (Wildman–Crippen LogP) is 4.06. The molecule has 0 unspecified atom stereocenters. The second-order valence-electron chi connectivity index (χ2n) is 3.60. The average Bonchev–Trinajstić information content (AvgIpc) is 2.56. The first kappa shape index (κ1) is 15.8. The average molecular weight is 365 g/mol. The maximum Gasteiger partial charge on any atom is 0.406 e. The van der Waals surface area contributed by atoms with Crippen LogP contribution in [-0.4, -0.2) is 36.0 Å². The minimum Gasteiger partial charge on any atom is -0.328 e. The van der Waals surface area contributed by atoms with Gasteiger partial charge >= 0.3 is 6.18 Å². The largest absolute Gasteiger partial charge is 0.406 e. The lowest BCUT2D eigenvalue weighted by Crippen LogP contribution is -2.39. The van der Waals surface area contributed by atoms with Gasteiger partial charge in [-0.1, -0.05) is 0 Å². The van der Waals surface area contributed by atoms with E-state index in [9.17, 15) is 18.0 Å². The van der Waals surface area contributed by atoms with Crippen LogP contribution in [0.4, 0.5) is 13.2 Å². The first-order valence-electron chi connectivity index (χ1n) is 4.92. The number of carbonyl (C=O) groups is 1. The van der Waals surface area contributed by atoms with E-state index in [0.29, 0.717) is 4.90 Å². The fourth-order valence-corrected chi connectivity index (χ4v) is 3.00. The van der Waals surface area contributed by atoms with E-state index < -0.39 is 18.6 Å². The highest BCUT2D eigenvalue weighted by Gasteiger charge is 2.33. The summed E-state index contributed by atoms with van der Waals surface area (Å²) in [5, 5.41) is 0. The zero-order valence-corrected chi connectivity index (χ0v) is 12.5. The molecule has 102 valence electrons. The van der Waals surface area contributed by atoms with E-state index in [1.807, 2.05) is 0 Å². The van der Waals surface area contributed by atoms with Crippen molar-refractivity contribution >= 4 is 44.8 Å². The molecule has 0 saturated heterocycles. The van der Waals surface area contributed by atoms with E-state index in [-0.39, 0.29) is 17.3 Å². The second-order valence-corrected chi connectivity index (χ2v) is 6.35. The minimum atomic E-state index is -4.43. The summed E-state index contributed by atoms with van der Waals surface area (Å²) >= 11 is 9.78. The Labute approximate surface area is 120 Å². The predicted molar refractivity (Wildman–Crippen MR) is 69.4 cm³/mol. The van der Waals surface area contributed by atoms with E-state index in [2.05, 4.69) is 15.9 Å². The lowest BCUT2D eigenvalue weighted by atomic mass is 10.3. The fourth-order valence-electron chi connectivity index (χ4n) is 1.29. The number of rotatable bonds is 4. The highest BCUT2D eigenvalue weighted by molar-refractivity contribution is 9.11. The molecule has 0 N–H and O–H groups in total. The van der Waals surface area contributed by atoms with Gasteiger partial charge in [-0.2, -0.15) is 13.2 Å². The molecule has 0 fully saturated rings. The number of hydrogen-bond donors (Lipinski definition) is 0. The Morgan fingerprint density at radius 1 is 1.56 bits per heavy atom. The fraction of sp³-hybridized carbons (Fsp3) is 0.500. The van der Waals surface area contributed by atoms with Crippen LogP contribution in [0.5, 0.6) is 0 Å². The zero-order valence-electron chi connectivity index (χ0n) is 9.35. The summed E-state index contributed by atoms with van der Waals surface area (Å²) in [4.78, 5) is 12.9. The number of aryl methyl sites for hydroxylation is 1. The van der Waals surface area contributed by atoms with Gasteiger partial charge in [-0.3, -0.25) is 4.79 Å². The Bertz CT molecular complexity index is 416. The van der Waals surface area contributed by atoms with Crippen LogP contribution in [0.3, 0.4) is 0 Å². The summed E-state index contributed by atoms with van der Waals surface area (Å²) in [7, 11) is 0. The molecule has 1 aromatic rings. The number of halogens is 5. The third kappa shape index (κ3) is 4.44. The first-order valence-corrected chi connectivity index (χ1v) is 7.07. The Morgan fingerprint density at radius 3 is 2.56 bits per heavy atom. The van der Waals surface area contributed by atoms with Crippen molar-refractivity contribution in [2.24, 2.45) is 0 Å². The van der Waals surface area contributed by atoms with Crippen molar-refractivity contribution in [2.45, 2.75) is 13.1 Å². The Balaban J connectivity index is 2.88.